The molecule has 0 spiro atoms. The van der Waals surface area contributed by atoms with Gasteiger partial charge in [0.15, 0.2) is 0 Å². The Morgan fingerprint density at radius 3 is 2.07 bits per heavy atom. The first-order valence-corrected chi connectivity index (χ1v) is 4.51. The molecule has 0 heterocycles. The van der Waals surface area contributed by atoms with E-state index in [1.807, 2.05) is 6.92 Å². The molecule has 3 nitrogen and oxygen atoms in total. The first-order valence-electron chi connectivity index (χ1n) is 4.51. The van der Waals surface area contributed by atoms with Crippen LogP contribution in [-0.2, 0) is 20.2 Å². The zero-order valence-electron chi connectivity index (χ0n) is 9.33. The van der Waals surface area contributed by atoms with E-state index in [-0.39, 0.29) is 5.82 Å². The minimum atomic E-state index is -1.34. The summed E-state index contributed by atoms with van der Waals surface area (Å²) >= 11 is 0. The van der Waals surface area contributed by atoms with E-state index < -0.39 is 5.97 Å². The summed E-state index contributed by atoms with van der Waals surface area (Å²) in [7, 11) is 4.33. The molecule has 0 atom stereocenters. The molecule has 0 aromatic heterocycles. The summed E-state index contributed by atoms with van der Waals surface area (Å²) in [6.07, 6.45) is 0. The van der Waals surface area contributed by atoms with Crippen molar-refractivity contribution in [3.8, 4) is 0 Å². The number of benzene rings is 1. The average Bonchev–Trinajstić information content (AvgIpc) is 2.26. The van der Waals surface area contributed by atoms with Crippen molar-refractivity contribution in [3.05, 3.63) is 35.1 Å². The van der Waals surface area contributed by atoms with Crippen LogP contribution in [0.2, 0.25) is 0 Å². The van der Waals surface area contributed by atoms with E-state index in [0.717, 1.165) is 5.56 Å². The maximum Gasteiger partial charge on any atom is 0.311 e. The summed E-state index contributed by atoms with van der Waals surface area (Å²) in [5, 5.41) is 0. The minimum absolute atomic E-state index is 0.355. The van der Waals surface area contributed by atoms with Crippen molar-refractivity contribution in [2.45, 2.75) is 12.9 Å². The van der Waals surface area contributed by atoms with Gasteiger partial charge in [0.1, 0.15) is 5.82 Å². The van der Waals surface area contributed by atoms with Crippen LogP contribution >= 0.6 is 0 Å². The zero-order valence-corrected chi connectivity index (χ0v) is 9.33. The van der Waals surface area contributed by atoms with E-state index in [1.54, 1.807) is 6.07 Å². The van der Waals surface area contributed by atoms with Crippen LogP contribution in [0, 0.1) is 12.7 Å². The van der Waals surface area contributed by atoms with Gasteiger partial charge >= 0.3 is 5.97 Å². The third-order valence-electron chi connectivity index (χ3n) is 2.34. The van der Waals surface area contributed by atoms with Crippen molar-refractivity contribution in [3.63, 3.8) is 0 Å². The van der Waals surface area contributed by atoms with Crippen molar-refractivity contribution >= 4 is 0 Å². The molecule has 0 aliphatic rings. The summed E-state index contributed by atoms with van der Waals surface area (Å²) < 4.78 is 28.6. The lowest BCUT2D eigenvalue weighted by molar-refractivity contribution is -0.364. The van der Waals surface area contributed by atoms with Gasteiger partial charge in [-0.15, -0.1) is 0 Å². The number of rotatable bonds is 4. The maximum absolute atomic E-state index is 13.1. The van der Waals surface area contributed by atoms with Gasteiger partial charge in [-0.2, -0.15) is 0 Å². The van der Waals surface area contributed by atoms with Gasteiger partial charge in [-0.25, -0.2) is 4.39 Å². The second-order valence-corrected chi connectivity index (χ2v) is 3.13. The molecule has 15 heavy (non-hydrogen) atoms. The predicted molar refractivity (Wildman–Crippen MR) is 53.8 cm³/mol. The second kappa shape index (κ2) is 4.70. The van der Waals surface area contributed by atoms with Crippen LogP contribution in [0.15, 0.2) is 18.2 Å². The van der Waals surface area contributed by atoms with Crippen molar-refractivity contribution in [2.75, 3.05) is 21.3 Å². The van der Waals surface area contributed by atoms with Gasteiger partial charge in [0.2, 0.25) is 0 Å². The summed E-state index contributed by atoms with van der Waals surface area (Å²) in [5.41, 5.74) is 1.36. The Morgan fingerprint density at radius 2 is 1.60 bits per heavy atom. The Morgan fingerprint density at radius 1 is 1.07 bits per heavy atom. The number of halogens is 1. The van der Waals surface area contributed by atoms with Crippen molar-refractivity contribution < 1.29 is 18.6 Å². The van der Waals surface area contributed by atoms with Crippen LogP contribution in [-0.4, -0.2) is 21.3 Å². The van der Waals surface area contributed by atoms with E-state index in [4.69, 9.17) is 14.2 Å². The van der Waals surface area contributed by atoms with E-state index in [9.17, 15) is 4.39 Å². The van der Waals surface area contributed by atoms with Gasteiger partial charge in [-0.1, -0.05) is 6.07 Å². The van der Waals surface area contributed by atoms with Crippen LogP contribution in [0.4, 0.5) is 4.39 Å². The molecule has 0 bridgehead atoms. The van der Waals surface area contributed by atoms with Gasteiger partial charge in [-0.3, -0.25) is 0 Å². The highest BCUT2D eigenvalue weighted by Gasteiger charge is 2.34. The van der Waals surface area contributed by atoms with Crippen LogP contribution < -0.4 is 0 Å². The molecule has 0 aliphatic heterocycles. The largest absolute Gasteiger partial charge is 0.327 e. The highest BCUT2D eigenvalue weighted by atomic mass is 19.1. The average molecular weight is 214 g/mol. The number of methoxy groups -OCH3 is 3. The monoisotopic (exact) mass is 214 g/mol. The fourth-order valence-corrected chi connectivity index (χ4v) is 1.50. The van der Waals surface area contributed by atoms with Crippen molar-refractivity contribution in [1.82, 2.24) is 0 Å². The molecular formula is C11H15FO3. The van der Waals surface area contributed by atoms with Gasteiger partial charge in [0.05, 0.1) is 0 Å². The molecule has 0 amide bonds. The molecule has 0 unspecified atom stereocenters. The van der Waals surface area contributed by atoms with Gasteiger partial charge in [0.25, 0.3) is 0 Å². The van der Waals surface area contributed by atoms with Crippen LogP contribution in [0.25, 0.3) is 0 Å². The van der Waals surface area contributed by atoms with Crippen LogP contribution in [0.3, 0.4) is 0 Å². The van der Waals surface area contributed by atoms with Crippen molar-refractivity contribution in [2.24, 2.45) is 0 Å². The molecule has 0 radical (unpaired) electrons. The first kappa shape index (κ1) is 12.1. The van der Waals surface area contributed by atoms with Crippen LogP contribution in [0.5, 0.6) is 0 Å². The number of aryl methyl sites for hydroxylation is 1. The molecule has 4 heteroatoms. The van der Waals surface area contributed by atoms with Crippen LogP contribution in [0.1, 0.15) is 11.1 Å². The number of hydrogen-bond acceptors (Lipinski definition) is 3. The lowest BCUT2D eigenvalue weighted by atomic mass is 10.1. The molecule has 0 N–H and O–H groups in total. The maximum atomic E-state index is 13.1. The topological polar surface area (TPSA) is 27.7 Å². The normalized spacial score (nSPS) is 11.8. The first-order chi connectivity index (χ1) is 7.09. The molecule has 0 saturated heterocycles. The summed E-state index contributed by atoms with van der Waals surface area (Å²) in [4.78, 5) is 0. The van der Waals surface area contributed by atoms with Gasteiger partial charge < -0.3 is 14.2 Å². The molecule has 1 rings (SSSR count). The Balaban J connectivity index is 3.27. The molecule has 1 aromatic carbocycles. The lowest BCUT2D eigenvalue weighted by Gasteiger charge is -2.30. The van der Waals surface area contributed by atoms with Gasteiger partial charge in [-0.05, 0) is 24.6 Å². The lowest BCUT2D eigenvalue weighted by Crippen LogP contribution is -2.33. The molecule has 84 valence electrons. The predicted octanol–water partition coefficient (Wildman–Crippen LogP) is 2.18. The summed E-state index contributed by atoms with van der Waals surface area (Å²) in [6.45, 7) is 1.83. The molecular weight excluding hydrogens is 199 g/mol. The van der Waals surface area contributed by atoms with E-state index in [1.165, 1.54) is 33.5 Å². The van der Waals surface area contributed by atoms with E-state index >= 15 is 0 Å². The Bertz CT molecular complexity index is 326. The quantitative estimate of drug-likeness (QED) is 0.719. The van der Waals surface area contributed by atoms with Crippen molar-refractivity contribution in [1.29, 1.82) is 0 Å². The molecule has 0 aliphatic carbocycles. The Kier molecular flexibility index (Phi) is 3.79. The summed E-state index contributed by atoms with van der Waals surface area (Å²) in [6, 6.07) is 4.37. The fourth-order valence-electron chi connectivity index (χ4n) is 1.50. The second-order valence-electron chi connectivity index (χ2n) is 3.13. The number of hydrogen-bond donors (Lipinski definition) is 0. The molecule has 0 saturated carbocycles. The fraction of sp³-hybridized carbons (Fsp3) is 0.455. The smallest absolute Gasteiger partial charge is 0.311 e. The summed E-state index contributed by atoms with van der Waals surface area (Å²) in [5.74, 6) is -1.70. The Hall–Kier alpha value is -0.970. The van der Waals surface area contributed by atoms with E-state index in [0.29, 0.717) is 5.56 Å². The molecule has 0 fully saturated rings. The number of ether oxygens (including phenoxy) is 3. The van der Waals surface area contributed by atoms with E-state index in [2.05, 4.69) is 0 Å². The molecule has 1 aromatic rings. The highest BCUT2D eigenvalue weighted by molar-refractivity contribution is 5.29. The third kappa shape index (κ3) is 2.17. The third-order valence-corrected chi connectivity index (χ3v) is 2.34. The SMILES string of the molecule is COC(OC)(OC)c1cc(F)ccc1C. The Labute approximate surface area is 88.8 Å². The minimum Gasteiger partial charge on any atom is -0.327 e. The highest BCUT2D eigenvalue weighted by Crippen LogP contribution is 2.29. The van der Waals surface area contributed by atoms with Gasteiger partial charge in [0, 0.05) is 26.9 Å². The standard InChI is InChI=1S/C11H15FO3/c1-8-5-6-9(12)7-10(8)11(13-2,14-3)15-4/h5-7H,1-4H3. The zero-order chi connectivity index (χ0) is 11.5.